The lowest BCUT2D eigenvalue weighted by Crippen LogP contribution is -2.44. The second-order valence-electron chi connectivity index (χ2n) is 9.07. The monoisotopic (exact) mass is 559 g/mol. The molecule has 0 aliphatic carbocycles. The Balaban J connectivity index is 0.00000363. The number of hydrogen-bond donors (Lipinski definition) is 3. The van der Waals surface area contributed by atoms with Crippen LogP contribution in [0.5, 0.6) is 0 Å². The highest BCUT2D eigenvalue weighted by Gasteiger charge is 2.34. The molecule has 2 heterocycles. The maximum absolute atomic E-state index is 9.43. The van der Waals surface area contributed by atoms with E-state index in [9.17, 15) is 5.11 Å². The Morgan fingerprint density at radius 1 is 1.12 bits per heavy atom. The van der Waals surface area contributed by atoms with E-state index in [1.165, 1.54) is 30.6 Å². The van der Waals surface area contributed by atoms with E-state index in [2.05, 4.69) is 58.7 Å². The topological polar surface area (TPSA) is 72.4 Å². The first-order chi connectivity index (χ1) is 15.1. The van der Waals surface area contributed by atoms with E-state index >= 15 is 0 Å². The number of nitrogens with zero attached hydrogens (tertiary/aromatic N) is 3. The quantitative estimate of drug-likeness (QED) is 0.245. The molecule has 1 aromatic carbocycles. The highest BCUT2D eigenvalue weighted by molar-refractivity contribution is 14.0. The Bertz CT molecular complexity index is 679. The van der Waals surface area contributed by atoms with Crippen LogP contribution in [0.1, 0.15) is 37.3 Å². The number of likely N-dealkylation sites (N-methyl/N-ethyl adjacent to an activating group) is 1. The second kappa shape index (κ2) is 14.3. The minimum atomic E-state index is 0. The first-order valence-electron chi connectivity index (χ1n) is 11.8. The van der Waals surface area contributed by atoms with Crippen molar-refractivity contribution in [3.8, 4) is 0 Å². The fraction of sp³-hybridized carbons (Fsp3) is 0.708. The van der Waals surface area contributed by atoms with E-state index in [1.54, 1.807) is 0 Å². The standard InChI is InChI=1S/C24H41N5O2.HI/c1-3-25-23(27-19-24(9-15-30)10-16-31-20-24)26-17-21-5-7-22(8-6-21)18-29-12-4-11-28(2)13-14-29;/h5-8,30H,3-4,9-20H2,1-2H3,(H2,25,26,27);1H. The van der Waals surface area contributed by atoms with Gasteiger partial charge in [-0.1, -0.05) is 24.3 Å². The van der Waals surface area contributed by atoms with Gasteiger partial charge < -0.3 is 25.4 Å². The highest BCUT2D eigenvalue weighted by atomic mass is 127. The number of rotatable bonds is 9. The zero-order valence-electron chi connectivity index (χ0n) is 19.8. The van der Waals surface area contributed by atoms with Gasteiger partial charge >= 0.3 is 0 Å². The summed E-state index contributed by atoms with van der Waals surface area (Å²) >= 11 is 0. The molecule has 1 unspecified atom stereocenters. The number of halogens is 1. The van der Waals surface area contributed by atoms with Crippen molar-refractivity contribution in [1.82, 2.24) is 20.4 Å². The molecule has 2 aliphatic rings. The Morgan fingerprint density at radius 3 is 2.59 bits per heavy atom. The summed E-state index contributed by atoms with van der Waals surface area (Å²) in [6.45, 7) is 11.7. The maximum atomic E-state index is 9.43. The molecule has 0 radical (unpaired) electrons. The molecule has 0 saturated carbocycles. The van der Waals surface area contributed by atoms with Crippen molar-refractivity contribution in [3.05, 3.63) is 35.4 Å². The number of aliphatic hydroxyl groups excluding tert-OH is 1. The van der Waals surface area contributed by atoms with Crippen molar-refractivity contribution >= 4 is 29.9 Å². The van der Waals surface area contributed by atoms with Crippen molar-refractivity contribution in [3.63, 3.8) is 0 Å². The van der Waals surface area contributed by atoms with Crippen LogP contribution in [0.25, 0.3) is 0 Å². The largest absolute Gasteiger partial charge is 0.396 e. The molecule has 2 aliphatic heterocycles. The van der Waals surface area contributed by atoms with E-state index in [-0.39, 0.29) is 36.0 Å². The first-order valence-corrected chi connectivity index (χ1v) is 11.8. The van der Waals surface area contributed by atoms with Crippen molar-refractivity contribution in [2.45, 2.75) is 39.3 Å². The zero-order valence-corrected chi connectivity index (χ0v) is 22.1. The summed E-state index contributed by atoms with van der Waals surface area (Å²) in [7, 11) is 2.21. The molecule has 2 saturated heterocycles. The summed E-state index contributed by atoms with van der Waals surface area (Å²) in [5.74, 6) is 0.824. The third kappa shape index (κ3) is 8.78. The number of aliphatic imine (C=N–C) groups is 1. The molecule has 1 aromatic rings. The molecular formula is C24H42IN5O2. The van der Waals surface area contributed by atoms with Crippen LogP contribution in [0.2, 0.25) is 0 Å². The van der Waals surface area contributed by atoms with Crippen LogP contribution in [0.4, 0.5) is 0 Å². The van der Waals surface area contributed by atoms with Gasteiger partial charge in [-0.15, -0.1) is 24.0 Å². The Hall–Kier alpha value is -0.940. The molecule has 0 aromatic heterocycles. The van der Waals surface area contributed by atoms with E-state index in [0.29, 0.717) is 13.2 Å². The second-order valence-corrected chi connectivity index (χ2v) is 9.07. The summed E-state index contributed by atoms with van der Waals surface area (Å²) in [5.41, 5.74) is 2.59. The zero-order chi connectivity index (χ0) is 21.9. The summed E-state index contributed by atoms with van der Waals surface area (Å²) in [6, 6.07) is 8.88. The molecule has 2 fully saturated rings. The molecule has 1 atom stereocenters. The molecule has 8 heteroatoms. The van der Waals surface area contributed by atoms with E-state index in [4.69, 9.17) is 9.73 Å². The van der Waals surface area contributed by atoms with Gasteiger partial charge in [0, 0.05) is 51.4 Å². The highest BCUT2D eigenvalue weighted by Crippen LogP contribution is 2.31. The smallest absolute Gasteiger partial charge is 0.191 e. The van der Waals surface area contributed by atoms with Gasteiger partial charge in [-0.3, -0.25) is 4.90 Å². The van der Waals surface area contributed by atoms with Gasteiger partial charge in [-0.05, 0) is 57.5 Å². The van der Waals surface area contributed by atoms with Crippen LogP contribution < -0.4 is 10.6 Å². The van der Waals surface area contributed by atoms with Gasteiger partial charge in [-0.25, -0.2) is 4.99 Å². The lowest BCUT2D eigenvalue weighted by molar-refractivity contribution is 0.127. The number of guanidine groups is 1. The third-order valence-corrected chi connectivity index (χ3v) is 6.46. The normalized spacial score (nSPS) is 22.9. The Kier molecular flexibility index (Phi) is 12.2. The van der Waals surface area contributed by atoms with Gasteiger partial charge in [-0.2, -0.15) is 0 Å². The van der Waals surface area contributed by atoms with Crippen molar-refractivity contribution < 1.29 is 9.84 Å². The lowest BCUT2D eigenvalue weighted by atomic mass is 9.84. The van der Waals surface area contributed by atoms with Gasteiger partial charge in [0.25, 0.3) is 0 Å². The van der Waals surface area contributed by atoms with Crippen LogP contribution >= 0.6 is 24.0 Å². The number of ether oxygens (including phenoxy) is 1. The Labute approximate surface area is 211 Å². The lowest BCUT2D eigenvalue weighted by Gasteiger charge is -2.27. The van der Waals surface area contributed by atoms with Gasteiger partial charge in [0.2, 0.25) is 0 Å². The van der Waals surface area contributed by atoms with Crippen LogP contribution in [0.3, 0.4) is 0 Å². The van der Waals surface area contributed by atoms with E-state index in [0.717, 1.165) is 58.1 Å². The fourth-order valence-corrected chi connectivity index (χ4v) is 4.36. The molecule has 32 heavy (non-hydrogen) atoms. The average Bonchev–Trinajstić information content (AvgIpc) is 3.14. The molecular weight excluding hydrogens is 517 g/mol. The predicted molar refractivity (Wildman–Crippen MR) is 142 cm³/mol. The first kappa shape index (κ1) is 27.3. The molecule has 0 spiro atoms. The van der Waals surface area contributed by atoms with E-state index < -0.39 is 0 Å². The predicted octanol–water partition coefficient (Wildman–Crippen LogP) is 2.29. The third-order valence-electron chi connectivity index (χ3n) is 6.46. The van der Waals surface area contributed by atoms with Crippen molar-refractivity contribution in [2.24, 2.45) is 10.4 Å². The molecule has 0 bridgehead atoms. The summed E-state index contributed by atoms with van der Waals surface area (Å²) < 4.78 is 5.60. The maximum Gasteiger partial charge on any atom is 0.191 e. The molecule has 0 amide bonds. The van der Waals surface area contributed by atoms with Gasteiger partial charge in [0.05, 0.1) is 13.2 Å². The van der Waals surface area contributed by atoms with Gasteiger partial charge in [0.1, 0.15) is 0 Å². The number of nitrogens with one attached hydrogen (secondary N) is 2. The molecule has 3 rings (SSSR count). The van der Waals surface area contributed by atoms with Crippen LogP contribution in [-0.4, -0.2) is 87.0 Å². The number of aliphatic hydroxyl groups is 1. The van der Waals surface area contributed by atoms with E-state index in [1.807, 2.05) is 0 Å². The summed E-state index contributed by atoms with van der Waals surface area (Å²) in [6.07, 6.45) is 2.98. The van der Waals surface area contributed by atoms with Crippen LogP contribution in [-0.2, 0) is 17.8 Å². The average molecular weight is 560 g/mol. The number of hydrogen-bond acceptors (Lipinski definition) is 5. The van der Waals surface area contributed by atoms with Crippen molar-refractivity contribution in [1.29, 1.82) is 0 Å². The Morgan fingerprint density at radius 2 is 1.91 bits per heavy atom. The van der Waals surface area contributed by atoms with Crippen LogP contribution in [0, 0.1) is 5.41 Å². The molecule has 3 N–H and O–H groups in total. The van der Waals surface area contributed by atoms with Crippen molar-refractivity contribution in [2.75, 3.05) is 66.1 Å². The summed E-state index contributed by atoms with van der Waals surface area (Å²) in [5, 5.41) is 16.2. The SMILES string of the molecule is CCNC(=NCc1ccc(CN2CCCN(C)CC2)cc1)NCC1(CCO)CCOC1.I. The van der Waals surface area contributed by atoms with Gasteiger partial charge in [0.15, 0.2) is 5.96 Å². The van der Waals surface area contributed by atoms with Crippen LogP contribution in [0.15, 0.2) is 29.3 Å². The number of benzene rings is 1. The summed E-state index contributed by atoms with van der Waals surface area (Å²) in [4.78, 5) is 9.75. The fourth-order valence-electron chi connectivity index (χ4n) is 4.36. The molecule has 7 nitrogen and oxygen atoms in total. The minimum Gasteiger partial charge on any atom is -0.396 e. The molecule has 182 valence electrons. The minimum absolute atomic E-state index is 0.